The summed E-state index contributed by atoms with van der Waals surface area (Å²) >= 11 is 11.5. The SMILES string of the molecule is Cc1cc(C(=O)CCl)c(C)n1-c1c(F)cc(F)cc1Cl. The molecule has 0 fully saturated rings. The molecule has 0 N–H and O–H groups in total. The summed E-state index contributed by atoms with van der Waals surface area (Å²) in [6.45, 7) is 3.36. The van der Waals surface area contributed by atoms with Crippen molar-refractivity contribution in [3.63, 3.8) is 0 Å². The summed E-state index contributed by atoms with van der Waals surface area (Å²) in [6.07, 6.45) is 0. The van der Waals surface area contributed by atoms with Gasteiger partial charge in [-0.2, -0.15) is 0 Å². The van der Waals surface area contributed by atoms with Gasteiger partial charge in [-0.25, -0.2) is 8.78 Å². The number of rotatable bonds is 3. The molecule has 20 heavy (non-hydrogen) atoms. The molecule has 0 radical (unpaired) electrons. The molecule has 1 aromatic heterocycles. The number of Topliss-reactive ketones (excluding diaryl/α,β-unsaturated/α-hetero) is 1. The van der Waals surface area contributed by atoms with Crippen molar-refractivity contribution in [2.75, 3.05) is 5.88 Å². The van der Waals surface area contributed by atoms with Crippen LogP contribution in [-0.4, -0.2) is 16.2 Å². The number of halogens is 4. The lowest BCUT2D eigenvalue weighted by Gasteiger charge is -2.13. The zero-order valence-corrected chi connectivity index (χ0v) is 12.3. The Labute approximate surface area is 124 Å². The summed E-state index contributed by atoms with van der Waals surface area (Å²) in [5.41, 5.74) is 1.55. The molecular weight excluding hydrogens is 307 g/mol. The molecule has 1 heterocycles. The Bertz CT molecular complexity index is 672. The van der Waals surface area contributed by atoms with Crippen molar-refractivity contribution < 1.29 is 13.6 Å². The molecule has 2 nitrogen and oxygen atoms in total. The van der Waals surface area contributed by atoms with Crippen LogP contribution >= 0.6 is 23.2 Å². The second-order valence-electron chi connectivity index (χ2n) is 4.40. The molecule has 0 amide bonds. The normalized spacial score (nSPS) is 10.9. The maximum Gasteiger partial charge on any atom is 0.179 e. The summed E-state index contributed by atoms with van der Waals surface area (Å²) in [4.78, 5) is 11.7. The van der Waals surface area contributed by atoms with E-state index in [2.05, 4.69) is 0 Å². The highest BCUT2D eigenvalue weighted by Gasteiger charge is 2.20. The highest BCUT2D eigenvalue weighted by Crippen LogP contribution is 2.30. The fraction of sp³-hybridized carbons (Fsp3) is 0.214. The molecule has 0 unspecified atom stereocenters. The van der Waals surface area contributed by atoms with Crippen LogP contribution in [0.3, 0.4) is 0 Å². The van der Waals surface area contributed by atoms with Crippen molar-refractivity contribution >= 4 is 29.0 Å². The third-order valence-electron chi connectivity index (χ3n) is 3.06. The van der Waals surface area contributed by atoms with Gasteiger partial charge in [0, 0.05) is 23.0 Å². The lowest BCUT2D eigenvalue weighted by molar-refractivity contribution is 0.102. The van der Waals surface area contributed by atoms with Crippen molar-refractivity contribution in [3.8, 4) is 5.69 Å². The molecule has 0 saturated heterocycles. The van der Waals surface area contributed by atoms with E-state index in [0.29, 0.717) is 17.0 Å². The van der Waals surface area contributed by atoms with Gasteiger partial charge >= 0.3 is 0 Å². The van der Waals surface area contributed by atoms with E-state index in [1.165, 1.54) is 4.57 Å². The summed E-state index contributed by atoms with van der Waals surface area (Å²) in [5.74, 6) is -1.97. The van der Waals surface area contributed by atoms with Crippen molar-refractivity contribution in [1.29, 1.82) is 0 Å². The van der Waals surface area contributed by atoms with Gasteiger partial charge in [0.25, 0.3) is 0 Å². The van der Waals surface area contributed by atoms with Crippen LogP contribution in [0.1, 0.15) is 21.7 Å². The van der Waals surface area contributed by atoms with Crippen LogP contribution < -0.4 is 0 Å². The zero-order valence-electron chi connectivity index (χ0n) is 10.8. The summed E-state index contributed by atoms with van der Waals surface area (Å²) in [5, 5.41) is -0.0610. The molecule has 0 aliphatic carbocycles. The Hall–Kier alpha value is -1.39. The number of ketones is 1. The first-order valence-electron chi connectivity index (χ1n) is 5.79. The van der Waals surface area contributed by atoms with Crippen LogP contribution in [0.5, 0.6) is 0 Å². The van der Waals surface area contributed by atoms with Crippen LogP contribution in [0, 0.1) is 25.5 Å². The summed E-state index contributed by atoms with van der Waals surface area (Å²) < 4.78 is 28.6. The molecule has 0 saturated carbocycles. The second kappa shape index (κ2) is 5.54. The smallest absolute Gasteiger partial charge is 0.179 e. The molecular formula is C14H11Cl2F2NO. The molecule has 1 aromatic carbocycles. The van der Waals surface area contributed by atoms with E-state index < -0.39 is 11.6 Å². The van der Waals surface area contributed by atoms with Gasteiger partial charge in [0.1, 0.15) is 11.5 Å². The van der Waals surface area contributed by atoms with E-state index in [-0.39, 0.29) is 22.4 Å². The van der Waals surface area contributed by atoms with Crippen LogP contribution in [0.15, 0.2) is 18.2 Å². The van der Waals surface area contributed by atoms with Gasteiger partial charge in [0.15, 0.2) is 11.6 Å². The van der Waals surface area contributed by atoms with Crippen molar-refractivity contribution in [3.05, 3.63) is 51.8 Å². The number of benzene rings is 1. The van der Waals surface area contributed by atoms with Gasteiger partial charge < -0.3 is 4.57 Å². The number of hydrogen-bond donors (Lipinski definition) is 0. The minimum atomic E-state index is -0.790. The number of aromatic nitrogens is 1. The predicted octanol–water partition coefficient (Wildman–Crippen LogP) is 4.45. The third kappa shape index (κ3) is 2.45. The largest absolute Gasteiger partial charge is 0.314 e. The van der Waals surface area contributed by atoms with Gasteiger partial charge in [-0.3, -0.25) is 4.79 Å². The van der Waals surface area contributed by atoms with Crippen LogP contribution in [0.4, 0.5) is 8.78 Å². The average Bonchev–Trinajstić information content (AvgIpc) is 2.65. The van der Waals surface area contributed by atoms with Gasteiger partial charge in [0.05, 0.1) is 10.9 Å². The maximum atomic E-state index is 14.0. The number of aryl methyl sites for hydroxylation is 1. The molecule has 106 valence electrons. The van der Waals surface area contributed by atoms with Crippen LogP contribution in [0.2, 0.25) is 5.02 Å². The molecule has 0 spiro atoms. The fourth-order valence-electron chi connectivity index (χ4n) is 2.21. The Balaban J connectivity index is 2.71. The first kappa shape index (κ1) is 15.0. The number of hydrogen-bond acceptors (Lipinski definition) is 1. The highest BCUT2D eigenvalue weighted by atomic mass is 35.5. The Kier molecular flexibility index (Phi) is 4.16. The van der Waals surface area contributed by atoms with Crippen molar-refractivity contribution in [2.24, 2.45) is 0 Å². The number of carbonyl (C=O) groups is 1. The predicted molar refractivity (Wildman–Crippen MR) is 75.2 cm³/mol. The van der Waals surface area contributed by atoms with Gasteiger partial charge in [-0.15, -0.1) is 11.6 Å². The van der Waals surface area contributed by atoms with Crippen LogP contribution in [0.25, 0.3) is 5.69 Å². The quantitative estimate of drug-likeness (QED) is 0.605. The maximum absolute atomic E-state index is 14.0. The van der Waals surface area contributed by atoms with Gasteiger partial charge in [-0.05, 0) is 26.0 Å². The molecule has 0 aliphatic heterocycles. The first-order valence-corrected chi connectivity index (χ1v) is 6.71. The van der Waals surface area contributed by atoms with E-state index in [1.54, 1.807) is 19.9 Å². The first-order chi connectivity index (χ1) is 9.36. The Morgan fingerprint density at radius 3 is 2.45 bits per heavy atom. The average molecular weight is 318 g/mol. The lowest BCUT2D eigenvalue weighted by Crippen LogP contribution is -2.06. The van der Waals surface area contributed by atoms with Crippen LogP contribution in [-0.2, 0) is 0 Å². The lowest BCUT2D eigenvalue weighted by atomic mass is 10.2. The van der Waals surface area contributed by atoms with E-state index in [0.717, 1.165) is 12.1 Å². The summed E-state index contributed by atoms with van der Waals surface area (Å²) in [7, 11) is 0. The second-order valence-corrected chi connectivity index (χ2v) is 5.07. The topological polar surface area (TPSA) is 22.0 Å². The number of carbonyl (C=O) groups excluding carboxylic acids is 1. The number of alkyl halides is 1. The molecule has 0 bridgehead atoms. The van der Waals surface area contributed by atoms with E-state index >= 15 is 0 Å². The van der Waals surface area contributed by atoms with Crippen molar-refractivity contribution in [2.45, 2.75) is 13.8 Å². The Morgan fingerprint density at radius 2 is 1.90 bits per heavy atom. The van der Waals surface area contributed by atoms with Gasteiger partial charge in [-0.1, -0.05) is 11.6 Å². The fourth-order valence-corrected chi connectivity index (χ4v) is 2.63. The van der Waals surface area contributed by atoms with Gasteiger partial charge in [0.2, 0.25) is 0 Å². The molecule has 6 heteroatoms. The standard InChI is InChI=1S/C14H11Cl2F2NO/c1-7-3-10(13(20)6-15)8(2)19(7)14-11(16)4-9(17)5-12(14)18/h3-5H,6H2,1-2H3. The minimum absolute atomic E-state index is 0.0247. The third-order valence-corrected chi connectivity index (χ3v) is 3.59. The summed E-state index contributed by atoms with van der Waals surface area (Å²) in [6, 6.07) is 3.39. The molecule has 2 rings (SSSR count). The van der Waals surface area contributed by atoms with Crippen molar-refractivity contribution in [1.82, 2.24) is 4.57 Å². The van der Waals surface area contributed by atoms with E-state index in [1.807, 2.05) is 0 Å². The molecule has 2 aromatic rings. The van der Waals surface area contributed by atoms with E-state index in [9.17, 15) is 13.6 Å². The zero-order chi connectivity index (χ0) is 15.0. The Morgan fingerprint density at radius 1 is 1.25 bits per heavy atom. The molecule has 0 atom stereocenters. The monoisotopic (exact) mass is 317 g/mol. The highest BCUT2D eigenvalue weighted by molar-refractivity contribution is 6.32. The molecule has 0 aliphatic rings. The minimum Gasteiger partial charge on any atom is -0.314 e. The number of nitrogens with zero attached hydrogens (tertiary/aromatic N) is 1. The van der Waals surface area contributed by atoms with E-state index in [4.69, 9.17) is 23.2 Å².